The maximum Gasteiger partial charge on any atom is 0.134 e. The highest BCUT2D eigenvalue weighted by Crippen LogP contribution is 2.28. The molecule has 1 rings (SSSR count). The van der Waals surface area contributed by atoms with Crippen molar-refractivity contribution in [3.8, 4) is 0 Å². The quantitative estimate of drug-likeness (QED) is 0.522. The highest BCUT2D eigenvalue weighted by Gasteiger charge is 2.10. The van der Waals surface area contributed by atoms with Gasteiger partial charge in [-0.15, -0.1) is 0 Å². The Balaban J connectivity index is 2.61. The number of halogens is 2. The smallest absolute Gasteiger partial charge is 0.134 e. The van der Waals surface area contributed by atoms with Crippen molar-refractivity contribution in [2.45, 2.75) is 45.4 Å². The molecule has 0 aliphatic heterocycles. The molecule has 0 aromatic carbocycles. The summed E-state index contributed by atoms with van der Waals surface area (Å²) in [6, 6.07) is 3.79. The Morgan fingerprint density at radius 1 is 1.27 bits per heavy atom. The van der Waals surface area contributed by atoms with E-state index in [4.69, 9.17) is 23.2 Å². The minimum Gasteiger partial charge on any atom is -0.224 e. The molecule has 0 saturated carbocycles. The lowest BCUT2D eigenvalue weighted by Gasteiger charge is -2.12. The zero-order valence-corrected chi connectivity index (χ0v) is 10.8. The minimum atomic E-state index is 0.463. The number of aromatic nitrogens is 1. The molecule has 1 heterocycles. The Labute approximate surface area is 102 Å². The largest absolute Gasteiger partial charge is 0.224 e. The van der Waals surface area contributed by atoms with E-state index >= 15 is 0 Å². The first-order chi connectivity index (χ1) is 7.15. The fourth-order valence-corrected chi connectivity index (χ4v) is 2.18. The summed E-state index contributed by atoms with van der Waals surface area (Å²) < 4.78 is 0. The van der Waals surface area contributed by atoms with Crippen LogP contribution in [0.3, 0.4) is 0 Å². The van der Waals surface area contributed by atoms with Gasteiger partial charge >= 0.3 is 0 Å². The molecule has 15 heavy (non-hydrogen) atoms. The van der Waals surface area contributed by atoms with Gasteiger partial charge < -0.3 is 0 Å². The second kappa shape index (κ2) is 6.34. The molecule has 84 valence electrons. The van der Waals surface area contributed by atoms with Crippen LogP contribution in [0.25, 0.3) is 0 Å². The lowest BCUT2D eigenvalue weighted by Crippen LogP contribution is -1.96. The Morgan fingerprint density at radius 3 is 2.60 bits per heavy atom. The maximum absolute atomic E-state index is 6.04. The SMILES string of the molecule is CCCCCC(C)c1ccc(Cl)nc1Cl. The molecule has 0 amide bonds. The molecule has 3 heteroatoms. The zero-order chi connectivity index (χ0) is 11.3. The fraction of sp³-hybridized carbons (Fsp3) is 0.583. The molecule has 1 aromatic heterocycles. The van der Waals surface area contributed by atoms with Crippen molar-refractivity contribution in [3.05, 3.63) is 28.0 Å². The van der Waals surface area contributed by atoms with Gasteiger partial charge in [0.1, 0.15) is 10.3 Å². The average Bonchev–Trinajstić information content (AvgIpc) is 2.17. The van der Waals surface area contributed by atoms with Crippen LogP contribution in [0, 0.1) is 0 Å². The molecule has 0 aliphatic carbocycles. The third-order valence-electron chi connectivity index (χ3n) is 2.62. The van der Waals surface area contributed by atoms with Gasteiger partial charge in [-0.25, -0.2) is 4.98 Å². The lowest BCUT2D eigenvalue weighted by atomic mass is 9.96. The van der Waals surface area contributed by atoms with Gasteiger partial charge in [0.15, 0.2) is 0 Å². The molecule has 1 aromatic rings. The predicted molar refractivity (Wildman–Crippen MR) is 66.8 cm³/mol. The molecule has 0 N–H and O–H groups in total. The number of hydrogen-bond donors (Lipinski definition) is 0. The van der Waals surface area contributed by atoms with Crippen LogP contribution in [0.4, 0.5) is 0 Å². The number of rotatable bonds is 5. The van der Waals surface area contributed by atoms with Crippen molar-refractivity contribution in [2.24, 2.45) is 0 Å². The summed E-state index contributed by atoms with van der Waals surface area (Å²) in [5, 5.41) is 1.01. The predicted octanol–water partition coefficient (Wildman–Crippen LogP) is 5.07. The Bertz CT molecular complexity index is 312. The van der Waals surface area contributed by atoms with E-state index in [0.717, 1.165) is 12.0 Å². The molecule has 0 spiro atoms. The van der Waals surface area contributed by atoms with Crippen LogP contribution >= 0.6 is 23.2 Å². The normalized spacial score (nSPS) is 12.8. The standard InChI is InChI=1S/C12H17Cl2N/c1-3-4-5-6-9(2)10-7-8-11(13)15-12(10)14/h7-9H,3-6H2,1-2H3. The molecule has 0 aliphatic rings. The molecule has 1 atom stereocenters. The van der Waals surface area contributed by atoms with Gasteiger partial charge in [0.25, 0.3) is 0 Å². The van der Waals surface area contributed by atoms with Crippen LogP contribution in [0.5, 0.6) is 0 Å². The Kier molecular flexibility index (Phi) is 5.41. The van der Waals surface area contributed by atoms with Crippen molar-refractivity contribution in [1.82, 2.24) is 4.98 Å². The number of hydrogen-bond acceptors (Lipinski definition) is 1. The van der Waals surface area contributed by atoms with Crippen molar-refractivity contribution >= 4 is 23.2 Å². The molecule has 1 nitrogen and oxygen atoms in total. The number of nitrogens with zero attached hydrogens (tertiary/aromatic N) is 1. The summed E-state index contributed by atoms with van der Waals surface area (Å²) in [6.07, 6.45) is 4.94. The van der Waals surface area contributed by atoms with Gasteiger partial charge in [-0.2, -0.15) is 0 Å². The van der Waals surface area contributed by atoms with Crippen LogP contribution in [-0.4, -0.2) is 4.98 Å². The lowest BCUT2D eigenvalue weighted by molar-refractivity contribution is 0.597. The monoisotopic (exact) mass is 245 g/mol. The van der Waals surface area contributed by atoms with Crippen LogP contribution in [0.1, 0.15) is 51.0 Å². The van der Waals surface area contributed by atoms with Gasteiger partial charge in [0, 0.05) is 0 Å². The van der Waals surface area contributed by atoms with E-state index in [2.05, 4.69) is 18.8 Å². The molecule has 0 saturated heterocycles. The Hall–Kier alpha value is -0.270. The second-order valence-electron chi connectivity index (χ2n) is 3.91. The molecule has 0 bridgehead atoms. The first-order valence-electron chi connectivity index (χ1n) is 5.47. The van der Waals surface area contributed by atoms with Crippen LogP contribution < -0.4 is 0 Å². The van der Waals surface area contributed by atoms with E-state index in [-0.39, 0.29) is 0 Å². The third-order valence-corrected chi connectivity index (χ3v) is 3.13. The highest BCUT2D eigenvalue weighted by atomic mass is 35.5. The molecule has 0 radical (unpaired) electrons. The van der Waals surface area contributed by atoms with Crippen molar-refractivity contribution in [3.63, 3.8) is 0 Å². The van der Waals surface area contributed by atoms with Crippen LogP contribution in [0.2, 0.25) is 10.3 Å². The maximum atomic E-state index is 6.04. The van der Waals surface area contributed by atoms with E-state index in [1.807, 2.05) is 6.07 Å². The van der Waals surface area contributed by atoms with Gasteiger partial charge in [-0.3, -0.25) is 0 Å². The summed E-state index contributed by atoms with van der Waals surface area (Å²) in [4.78, 5) is 4.05. The van der Waals surface area contributed by atoms with E-state index in [9.17, 15) is 0 Å². The number of unbranched alkanes of at least 4 members (excludes halogenated alkanes) is 2. The minimum absolute atomic E-state index is 0.463. The summed E-state index contributed by atoms with van der Waals surface area (Å²) in [7, 11) is 0. The van der Waals surface area contributed by atoms with Crippen molar-refractivity contribution < 1.29 is 0 Å². The first kappa shape index (κ1) is 12.8. The van der Waals surface area contributed by atoms with Gasteiger partial charge in [-0.05, 0) is 24.0 Å². The molecule has 1 unspecified atom stereocenters. The van der Waals surface area contributed by atoms with Crippen LogP contribution in [0.15, 0.2) is 12.1 Å². The number of pyridine rings is 1. The molecule has 0 fully saturated rings. The third kappa shape index (κ3) is 4.00. The van der Waals surface area contributed by atoms with Gasteiger partial charge in [-0.1, -0.05) is 62.4 Å². The fourth-order valence-electron chi connectivity index (χ4n) is 1.65. The zero-order valence-electron chi connectivity index (χ0n) is 9.26. The average molecular weight is 246 g/mol. The van der Waals surface area contributed by atoms with E-state index in [1.54, 1.807) is 6.07 Å². The van der Waals surface area contributed by atoms with Crippen molar-refractivity contribution in [1.29, 1.82) is 0 Å². The van der Waals surface area contributed by atoms with Gasteiger partial charge in [0.2, 0.25) is 0 Å². The van der Waals surface area contributed by atoms with E-state index in [0.29, 0.717) is 16.2 Å². The first-order valence-corrected chi connectivity index (χ1v) is 6.22. The summed E-state index contributed by atoms with van der Waals surface area (Å²) >= 11 is 11.8. The van der Waals surface area contributed by atoms with E-state index < -0.39 is 0 Å². The van der Waals surface area contributed by atoms with E-state index in [1.165, 1.54) is 19.3 Å². The summed E-state index contributed by atoms with van der Waals surface area (Å²) in [5.74, 6) is 0.466. The Morgan fingerprint density at radius 2 is 2.00 bits per heavy atom. The van der Waals surface area contributed by atoms with Crippen LogP contribution in [-0.2, 0) is 0 Å². The summed E-state index contributed by atoms with van der Waals surface area (Å²) in [5.41, 5.74) is 1.11. The van der Waals surface area contributed by atoms with Gasteiger partial charge in [0.05, 0.1) is 0 Å². The summed E-state index contributed by atoms with van der Waals surface area (Å²) in [6.45, 7) is 4.40. The highest BCUT2D eigenvalue weighted by molar-refractivity contribution is 6.32. The van der Waals surface area contributed by atoms with Crippen molar-refractivity contribution in [2.75, 3.05) is 0 Å². The molecular formula is C12H17Cl2N. The molecular weight excluding hydrogens is 229 g/mol. The second-order valence-corrected chi connectivity index (χ2v) is 4.66. The topological polar surface area (TPSA) is 12.9 Å².